The summed E-state index contributed by atoms with van der Waals surface area (Å²) < 4.78 is 10.1. The third-order valence-corrected chi connectivity index (χ3v) is 1.97. The van der Waals surface area contributed by atoms with Crippen LogP contribution in [0.4, 0.5) is 0 Å². The second-order valence-electron chi connectivity index (χ2n) is 3.00. The Labute approximate surface area is 91.9 Å². The minimum atomic E-state index is -0.235. The minimum absolute atomic E-state index is 0.114. The lowest BCUT2D eigenvalue weighted by molar-refractivity contribution is 0.301. The van der Waals surface area contributed by atoms with Crippen molar-refractivity contribution in [3.63, 3.8) is 0 Å². The van der Waals surface area contributed by atoms with E-state index in [-0.39, 0.29) is 11.8 Å². The number of aromatic nitrogens is 3. The van der Waals surface area contributed by atoms with Crippen LogP contribution in [0.5, 0.6) is 17.6 Å². The molecule has 2 aromatic rings. The van der Waals surface area contributed by atoms with Crippen molar-refractivity contribution in [2.75, 3.05) is 13.7 Å². The van der Waals surface area contributed by atoms with Crippen LogP contribution in [0.2, 0.25) is 0 Å². The first-order valence-electron chi connectivity index (χ1n) is 4.78. The van der Waals surface area contributed by atoms with E-state index in [0.29, 0.717) is 23.5 Å². The summed E-state index contributed by atoms with van der Waals surface area (Å²) in [6, 6.07) is 1.63. The normalized spacial score (nSPS) is 10.4. The van der Waals surface area contributed by atoms with Gasteiger partial charge in [0.1, 0.15) is 5.52 Å². The fourth-order valence-electron chi connectivity index (χ4n) is 1.26. The molecule has 6 nitrogen and oxygen atoms in total. The van der Waals surface area contributed by atoms with Crippen LogP contribution in [0.3, 0.4) is 0 Å². The molecule has 0 fully saturated rings. The van der Waals surface area contributed by atoms with Crippen molar-refractivity contribution >= 4 is 11.0 Å². The van der Waals surface area contributed by atoms with Gasteiger partial charge in [-0.05, 0) is 6.92 Å². The molecule has 84 valence electrons. The average Bonchev–Trinajstić information content (AvgIpc) is 2.30. The predicted molar refractivity (Wildman–Crippen MR) is 56.7 cm³/mol. The van der Waals surface area contributed by atoms with Crippen LogP contribution >= 0.6 is 0 Å². The molecule has 0 spiro atoms. The molecule has 0 unspecified atom stereocenters. The number of fused-ring (bicyclic) bond motifs is 1. The van der Waals surface area contributed by atoms with Crippen molar-refractivity contribution in [3.05, 3.63) is 12.3 Å². The number of ether oxygens (including phenoxy) is 2. The van der Waals surface area contributed by atoms with Crippen molar-refractivity contribution in [2.24, 2.45) is 0 Å². The molecule has 2 rings (SSSR count). The Morgan fingerprint density at radius 1 is 1.31 bits per heavy atom. The molecule has 1 N–H and O–H groups in total. The molecule has 0 radical (unpaired) electrons. The SMILES string of the molecule is CCOc1nc2cc(OC)ncc2nc1O. The Balaban J connectivity index is 2.56. The van der Waals surface area contributed by atoms with Crippen LogP contribution < -0.4 is 9.47 Å². The lowest BCUT2D eigenvalue weighted by Crippen LogP contribution is -1.98. The van der Waals surface area contributed by atoms with E-state index in [0.717, 1.165) is 0 Å². The van der Waals surface area contributed by atoms with Gasteiger partial charge in [0.05, 0.1) is 25.4 Å². The number of nitrogens with zero attached hydrogens (tertiary/aromatic N) is 3. The zero-order valence-corrected chi connectivity index (χ0v) is 8.97. The fraction of sp³-hybridized carbons (Fsp3) is 0.300. The van der Waals surface area contributed by atoms with Gasteiger partial charge >= 0.3 is 0 Å². The van der Waals surface area contributed by atoms with Crippen LogP contribution in [0, 0.1) is 0 Å². The van der Waals surface area contributed by atoms with E-state index >= 15 is 0 Å². The first-order valence-corrected chi connectivity index (χ1v) is 4.78. The molecule has 0 aromatic carbocycles. The molecule has 0 amide bonds. The summed E-state index contributed by atoms with van der Waals surface area (Å²) in [6.45, 7) is 2.22. The maximum atomic E-state index is 9.51. The van der Waals surface area contributed by atoms with Crippen LogP contribution in [-0.2, 0) is 0 Å². The third-order valence-electron chi connectivity index (χ3n) is 1.97. The molecule has 0 saturated heterocycles. The van der Waals surface area contributed by atoms with Gasteiger partial charge in [0, 0.05) is 6.07 Å². The van der Waals surface area contributed by atoms with Gasteiger partial charge in [-0.15, -0.1) is 0 Å². The number of rotatable bonds is 3. The Bertz CT molecular complexity index is 516. The molecule has 0 aliphatic rings. The summed E-state index contributed by atoms with van der Waals surface area (Å²) >= 11 is 0. The van der Waals surface area contributed by atoms with Gasteiger partial charge in [-0.25, -0.2) is 15.0 Å². The molecule has 0 aliphatic heterocycles. The summed E-state index contributed by atoms with van der Waals surface area (Å²) in [6.07, 6.45) is 1.48. The van der Waals surface area contributed by atoms with Crippen LogP contribution in [-0.4, -0.2) is 33.8 Å². The zero-order valence-electron chi connectivity index (χ0n) is 8.97. The van der Waals surface area contributed by atoms with Crippen LogP contribution in [0.1, 0.15) is 6.92 Å². The molecule has 2 heterocycles. The molecular formula is C10H11N3O3. The Morgan fingerprint density at radius 2 is 2.12 bits per heavy atom. The van der Waals surface area contributed by atoms with Gasteiger partial charge in [-0.3, -0.25) is 0 Å². The summed E-state index contributed by atoms with van der Waals surface area (Å²) in [5.74, 6) is 0.319. The highest BCUT2D eigenvalue weighted by molar-refractivity contribution is 5.75. The average molecular weight is 221 g/mol. The van der Waals surface area contributed by atoms with Crippen molar-refractivity contribution in [1.82, 2.24) is 15.0 Å². The van der Waals surface area contributed by atoms with Gasteiger partial charge in [0.2, 0.25) is 5.88 Å². The van der Waals surface area contributed by atoms with E-state index in [2.05, 4.69) is 15.0 Å². The molecule has 0 bridgehead atoms. The molecule has 6 heteroatoms. The van der Waals surface area contributed by atoms with Gasteiger partial charge in [0.25, 0.3) is 11.8 Å². The zero-order chi connectivity index (χ0) is 11.5. The largest absolute Gasteiger partial charge is 0.489 e. The first kappa shape index (κ1) is 10.4. The van der Waals surface area contributed by atoms with Crippen molar-refractivity contribution in [1.29, 1.82) is 0 Å². The Kier molecular flexibility index (Phi) is 2.72. The molecule has 0 atom stereocenters. The number of methoxy groups -OCH3 is 1. The van der Waals surface area contributed by atoms with E-state index in [9.17, 15) is 5.11 Å². The molecule has 2 aromatic heterocycles. The molecule has 16 heavy (non-hydrogen) atoms. The molecule has 0 saturated carbocycles. The van der Waals surface area contributed by atoms with Crippen molar-refractivity contribution < 1.29 is 14.6 Å². The highest BCUT2D eigenvalue weighted by Crippen LogP contribution is 2.25. The summed E-state index contributed by atoms with van der Waals surface area (Å²) in [4.78, 5) is 12.0. The Hall–Kier alpha value is -2.11. The summed E-state index contributed by atoms with van der Waals surface area (Å²) in [5.41, 5.74) is 1.05. The number of hydrogen-bond donors (Lipinski definition) is 1. The summed E-state index contributed by atoms with van der Waals surface area (Å²) in [7, 11) is 1.52. The van der Waals surface area contributed by atoms with E-state index in [1.165, 1.54) is 13.3 Å². The maximum absolute atomic E-state index is 9.51. The van der Waals surface area contributed by atoms with E-state index in [4.69, 9.17) is 9.47 Å². The number of aromatic hydroxyl groups is 1. The third kappa shape index (κ3) is 1.81. The van der Waals surface area contributed by atoms with Gasteiger partial charge in [0.15, 0.2) is 0 Å². The van der Waals surface area contributed by atoms with E-state index in [1.54, 1.807) is 13.0 Å². The fourth-order valence-corrected chi connectivity index (χ4v) is 1.26. The standard InChI is InChI=1S/C10H11N3O3/c1-3-16-10-9(14)12-7-5-11-8(15-2)4-6(7)13-10/h4-5H,3H2,1-2H3,(H,12,14). The lowest BCUT2D eigenvalue weighted by atomic mass is 10.4. The highest BCUT2D eigenvalue weighted by atomic mass is 16.5. The topological polar surface area (TPSA) is 77.4 Å². The van der Waals surface area contributed by atoms with Crippen molar-refractivity contribution in [2.45, 2.75) is 6.92 Å². The predicted octanol–water partition coefficient (Wildman–Crippen LogP) is 1.14. The van der Waals surface area contributed by atoms with Gasteiger partial charge in [-0.1, -0.05) is 0 Å². The second-order valence-corrected chi connectivity index (χ2v) is 3.00. The minimum Gasteiger partial charge on any atom is -0.489 e. The maximum Gasteiger partial charge on any atom is 0.278 e. The van der Waals surface area contributed by atoms with Gasteiger partial charge in [-0.2, -0.15) is 0 Å². The van der Waals surface area contributed by atoms with E-state index < -0.39 is 0 Å². The number of hydrogen-bond acceptors (Lipinski definition) is 6. The lowest BCUT2D eigenvalue weighted by Gasteiger charge is -2.05. The first-order chi connectivity index (χ1) is 7.74. The monoisotopic (exact) mass is 221 g/mol. The van der Waals surface area contributed by atoms with Crippen LogP contribution in [0.15, 0.2) is 12.3 Å². The molecule has 0 aliphatic carbocycles. The second kappa shape index (κ2) is 4.18. The van der Waals surface area contributed by atoms with Gasteiger partial charge < -0.3 is 14.6 Å². The van der Waals surface area contributed by atoms with E-state index in [1.807, 2.05) is 0 Å². The smallest absolute Gasteiger partial charge is 0.278 e. The van der Waals surface area contributed by atoms with Crippen LogP contribution in [0.25, 0.3) is 11.0 Å². The molecular weight excluding hydrogens is 210 g/mol. The number of pyridine rings is 1. The van der Waals surface area contributed by atoms with Crippen molar-refractivity contribution in [3.8, 4) is 17.6 Å². The Morgan fingerprint density at radius 3 is 2.81 bits per heavy atom. The highest BCUT2D eigenvalue weighted by Gasteiger charge is 2.09. The summed E-state index contributed by atoms with van der Waals surface area (Å²) in [5, 5.41) is 9.51. The quantitative estimate of drug-likeness (QED) is 0.837.